The summed E-state index contributed by atoms with van der Waals surface area (Å²) in [6, 6.07) is 10.0. The molecule has 0 aliphatic rings. The van der Waals surface area contributed by atoms with Crippen LogP contribution < -0.4 is 0 Å². The first-order valence-electron chi connectivity index (χ1n) is 5.31. The number of rotatable bonds is 2. The van der Waals surface area contributed by atoms with E-state index in [1.54, 1.807) is 12.5 Å². The van der Waals surface area contributed by atoms with Crippen molar-refractivity contribution in [3.05, 3.63) is 54.2 Å². The smallest absolute Gasteiger partial charge is 0.181 e. The highest BCUT2D eigenvalue weighted by molar-refractivity contribution is 5.72. The second kappa shape index (κ2) is 4.17. The topological polar surface area (TPSA) is 54.5 Å². The minimum absolute atomic E-state index is 0.661. The summed E-state index contributed by atoms with van der Waals surface area (Å²) in [5, 5.41) is 0. The second-order valence-electron chi connectivity index (χ2n) is 3.61. The molecule has 3 aromatic rings. The van der Waals surface area contributed by atoms with Crippen LogP contribution in [0.3, 0.4) is 0 Å². The Bertz CT molecular complexity index is 655. The van der Waals surface area contributed by atoms with Gasteiger partial charge < -0.3 is 4.98 Å². The van der Waals surface area contributed by atoms with E-state index in [-0.39, 0.29) is 0 Å². The van der Waals surface area contributed by atoms with Gasteiger partial charge in [0.05, 0.1) is 12.5 Å². The van der Waals surface area contributed by atoms with E-state index >= 15 is 0 Å². The Morgan fingerprint density at radius 3 is 2.76 bits per heavy atom. The summed E-state index contributed by atoms with van der Waals surface area (Å²) in [6.45, 7) is 0. The fraction of sp³-hybridized carbons (Fsp3) is 0. The van der Waals surface area contributed by atoms with Crippen molar-refractivity contribution in [3.8, 4) is 0 Å². The summed E-state index contributed by atoms with van der Waals surface area (Å²) in [7, 11) is 0. The Balaban J connectivity index is 1.92. The molecule has 0 atom stereocenters. The van der Waals surface area contributed by atoms with E-state index in [0.29, 0.717) is 11.5 Å². The van der Waals surface area contributed by atoms with Gasteiger partial charge in [-0.25, -0.2) is 15.0 Å². The predicted octanol–water partition coefficient (Wildman–Crippen LogP) is 2.52. The molecule has 0 amide bonds. The zero-order valence-electron chi connectivity index (χ0n) is 9.04. The van der Waals surface area contributed by atoms with E-state index in [1.807, 2.05) is 42.5 Å². The molecule has 82 valence electrons. The highest BCUT2D eigenvalue weighted by Gasteiger charge is 1.98. The van der Waals surface area contributed by atoms with Gasteiger partial charge in [-0.2, -0.15) is 0 Å². The highest BCUT2D eigenvalue weighted by atomic mass is 15.0. The number of hydrogen-bond acceptors (Lipinski definition) is 3. The maximum Gasteiger partial charge on any atom is 0.181 e. The van der Waals surface area contributed by atoms with Crippen molar-refractivity contribution in [3.63, 3.8) is 0 Å². The van der Waals surface area contributed by atoms with Gasteiger partial charge >= 0.3 is 0 Å². The van der Waals surface area contributed by atoms with Crippen molar-refractivity contribution in [2.24, 2.45) is 0 Å². The molecule has 2 heterocycles. The molecule has 0 aliphatic carbocycles. The average Bonchev–Trinajstić information content (AvgIpc) is 2.85. The molecule has 4 heteroatoms. The summed E-state index contributed by atoms with van der Waals surface area (Å²) in [6.07, 6.45) is 7.21. The molecule has 2 aromatic heterocycles. The van der Waals surface area contributed by atoms with Gasteiger partial charge in [0.15, 0.2) is 11.5 Å². The molecule has 4 nitrogen and oxygen atoms in total. The largest absolute Gasteiger partial charge is 0.342 e. The second-order valence-corrected chi connectivity index (χ2v) is 3.61. The van der Waals surface area contributed by atoms with Gasteiger partial charge in [0, 0.05) is 0 Å². The third-order valence-electron chi connectivity index (χ3n) is 2.42. The van der Waals surface area contributed by atoms with Crippen molar-refractivity contribution in [2.45, 2.75) is 0 Å². The monoisotopic (exact) mass is 222 g/mol. The fourth-order valence-electron chi connectivity index (χ4n) is 1.56. The van der Waals surface area contributed by atoms with Gasteiger partial charge in [-0.3, -0.25) is 0 Å². The number of benzene rings is 1. The standard InChI is InChI=1S/C13H10N4/c1-2-4-10(5-3-1)6-7-12-14-8-11-13(17-12)16-9-15-11/h1-9H,(H,14,15,16,17). The normalized spacial score (nSPS) is 11.3. The number of fused-ring (bicyclic) bond motifs is 1. The van der Waals surface area contributed by atoms with Gasteiger partial charge in [-0.05, 0) is 11.6 Å². The van der Waals surface area contributed by atoms with Crippen LogP contribution in [0, 0.1) is 0 Å². The van der Waals surface area contributed by atoms with E-state index in [1.165, 1.54) is 0 Å². The third-order valence-corrected chi connectivity index (χ3v) is 2.42. The van der Waals surface area contributed by atoms with E-state index < -0.39 is 0 Å². The van der Waals surface area contributed by atoms with E-state index in [4.69, 9.17) is 0 Å². The van der Waals surface area contributed by atoms with Gasteiger partial charge in [0.1, 0.15) is 5.52 Å². The lowest BCUT2D eigenvalue weighted by Gasteiger charge is -1.93. The number of hydrogen-bond donors (Lipinski definition) is 1. The first-order valence-corrected chi connectivity index (χ1v) is 5.31. The molecule has 0 fully saturated rings. The number of H-pyrrole nitrogens is 1. The first kappa shape index (κ1) is 9.72. The number of aromatic nitrogens is 4. The number of aromatic amines is 1. The molecule has 0 radical (unpaired) electrons. The van der Waals surface area contributed by atoms with Gasteiger partial charge in [0.25, 0.3) is 0 Å². The summed E-state index contributed by atoms with van der Waals surface area (Å²) in [4.78, 5) is 15.6. The molecular formula is C13H10N4. The van der Waals surface area contributed by atoms with Crippen molar-refractivity contribution in [1.29, 1.82) is 0 Å². The third kappa shape index (κ3) is 2.06. The van der Waals surface area contributed by atoms with Crippen LogP contribution in [-0.2, 0) is 0 Å². The summed E-state index contributed by atoms with van der Waals surface area (Å²) < 4.78 is 0. The van der Waals surface area contributed by atoms with Gasteiger partial charge in [-0.1, -0.05) is 36.4 Å². The Hall–Kier alpha value is -2.49. The lowest BCUT2D eigenvalue weighted by Crippen LogP contribution is -1.87. The zero-order chi connectivity index (χ0) is 11.5. The molecule has 0 saturated heterocycles. The lowest BCUT2D eigenvalue weighted by molar-refractivity contribution is 1.17. The van der Waals surface area contributed by atoms with Crippen LogP contribution in [0.4, 0.5) is 0 Å². The predicted molar refractivity (Wildman–Crippen MR) is 67.1 cm³/mol. The van der Waals surface area contributed by atoms with Crippen LogP contribution in [0.2, 0.25) is 0 Å². The Kier molecular flexibility index (Phi) is 2.38. The quantitative estimate of drug-likeness (QED) is 0.724. The van der Waals surface area contributed by atoms with E-state index in [9.17, 15) is 0 Å². The van der Waals surface area contributed by atoms with Crippen molar-refractivity contribution < 1.29 is 0 Å². The van der Waals surface area contributed by atoms with Crippen molar-refractivity contribution in [1.82, 2.24) is 19.9 Å². The minimum Gasteiger partial charge on any atom is -0.342 e. The summed E-state index contributed by atoms with van der Waals surface area (Å²) in [5.74, 6) is 0.661. The fourth-order valence-corrected chi connectivity index (χ4v) is 1.56. The van der Waals surface area contributed by atoms with Crippen LogP contribution in [0.5, 0.6) is 0 Å². The molecule has 0 unspecified atom stereocenters. The molecule has 0 spiro atoms. The zero-order valence-corrected chi connectivity index (χ0v) is 9.04. The number of nitrogens with one attached hydrogen (secondary N) is 1. The van der Waals surface area contributed by atoms with Crippen LogP contribution in [0.25, 0.3) is 23.3 Å². The average molecular weight is 222 g/mol. The number of imidazole rings is 1. The van der Waals surface area contributed by atoms with Gasteiger partial charge in [0.2, 0.25) is 0 Å². The van der Waals surface area contributed by atoms with Crippen LogP contribution in [0.15, 0.2) is 42.9 Å². The molecule has 0 aliphatic heterocycles. The highest BCUT2D eigenvalue weighted by Crippen LogP contribution is 2.07. The minimum atomic E-state index is 0.661. The molecule has 0 saturated carbocycles. The van der Waals surface area contributed by atoms with Crippen molar-refractivity contribution in [2.75, 3.05) is 0 Å². The lowest BCUT2D eigenvalue weighted by atomic mass is 10.2. The van der Waals surface area contributed by atoms with E-state index in [2.05, 4.69) is 19.9 Å². The molecule has 17 heavy (non-hydrogen) atoms. The van der Waals surface area contributed by atoms with Crippen LogP contribution >= 0.6 is 0 Å². The molecular weight excluding hydrogens is 212 g/mol. The molecule has 0 bridgehead atoms. The van der Waals surface area contributed by atoms with Crippen molar-refractivity contribution >= 4 is 23.3 Å². The van der Waals surface area contributed by atoms with Crippen LogP contribution in [0.1, 0.15) is 11.4 Å². The SMILES string of the molecule is C(=Cc1ncc2[nH]cnc2n1)c1ccccc1. The Morgan fingerprint density at radius 2 is 1.88 bits per heavy atom. The van der Waals surface area contributed by atoms with E-state index in [0.717, 1.165) is 11.1 Å². The van der Waals surface area contributed by atoms with Crippen LogP contribution in [-0.4, -0.2) is 19.9 Å². The summed E-state index contributed by atoms with van der Waals surface area (Å²) >= 11 is 0. The number of nitrogens with zero attached hydrogens (tertiary/aromatic N) is 3. The first-order chi connectivity index (χ1) is 8.42. The van der Waals surface area contributed by atoms with Gasteiger partial charge in [-0.15, -0.1) is 0 Å². The molecule has 1 aromatic carbocycles. The summed E-state index contributed by atoms with van der Waals surface area (Å²) in [5.41, 5.74) is 2.66. The maximum atomic E-state index is 4.31. The molecule has 3 rings (SSSR count). The maximum absolute atomic E-state index is 4.31. The molecule has 1 N–H and O–H groups in total. The Morgan fingerprint density at radius 1 is 1.00 bits per heavy atom. The Labute approximate surface area is 98.1 Å².